The molecular formula is C13H16FNOS. The van der Waals surface area contributed by atoms with E-state index in [1.54, 1.807) is 12.1 Å². The fraction of sp³-hybridized carbons (Fsp3) is 0.462. The van der Waals surface area contributed by atoms with E-state index < -0.39 is 5.82 Å². The van der Waals surface area contributed by atoms with Crippen LogP contribution >= 0.6 is 12.6 Å². The lowest BCUT2D eigenvalue weighted by atomic mass is 10.2. The van der Waals surface area contributed by atoms with Gasteiger partial charge in [0.15, 0.2) is 0 Å². The largest absolute Gasteiger partial charge is 0.493 e. The van der Waals surface area contributed by atoms with Crippen molar-refractivity contribution in [1.29, 1.82) is 5.26 Å². The average molecular weight is 253 g/mol. The maximum absolute atomic E-state index is 13.2. The Labute approximate surface area is 107 Å². The van der Waals surface area contributed by atoms with Crippen molar-refractivity contribution in [1.82, 2.24) is 0 Å². The van der Waals surface area contributed by atoms with Gasteiger partial charge in [-0.15, -0.1) is 0 Å². The maximum atomic E-state index is 13.2. The van der Waals surface area contributed by atoms with Gasteiger partial charge in [0.2, 0.25) is 0 Å². The monoisotopic (exact) mass is 253 g/mol. The average Bonchev–Trinajstić information content (AvgIpc) is 2.34. The minimum absolute atomic E-state index is 0.0473. The minimum atomic E-state index is -0.528. The molecule has 1 aromatic carbocycles. The number of nitriles is 1. The molecule has 0 aliphatic heterocycles. The molecule has 0 amide bonds. The van der Waals surface area contributed by atoms with Gasteiger partial charge in [-0.05, 0) is 30.7 Å². The Morgan fingerprint density at radius 1 is 1.24 bits per heavy atom. The van der Waals surface area contributed by atoms with Crippen molar-refractivity contribution in [2.45, 2.75) is 25.7 Å². The molecule has 0 atom stereocenters. The first-order chi connectivity index (χ1) is 8.27. The quantitative estimate of drug-likeness (QED) is 0.595. The second kappa shape index (κ2) is 7.97. The molecule has 0 saturated carbocycles. The molecule has 0 unspecified atom stereocenters. The van der Waals surface area contributed by atoms with Crippen LogP contribution in [0, 0.1) is 17.1 Å². The Morgan fingerprint density at radius 3 is 2.65 bits per heavy atom. The van der Waals surface area contributed by atoms with E-state index >= 15 is 0 Å². The second-order valence-electron chi connectivity index (χ2n) is 3.74. The summed E-state index contributed by atoms with van der Waals surface area (Å²) in [6, 6.07) is 6.09. The van der Waals surface area contributed by atoms with E-state index in [2.05, 4.69) is 12.6 Å². The van der Waals surface area contributed by atoms with Crippen LogP contribution in [0.5, 0.6) is 5.75 Å². The number of nitrogens with zero attached hydrogens (tertiary/aromatic N) is 1. The van der Waals surface area contributed by atoms with E-state index in [4.69, 9.17) is 10.00 Å². The molecule has 0 aliphatic rings. The molecule has 1 rings (SSSR count). The van der Waals surface area contributed by atoms with Crippen molar-refractivity contribution < 1.29 is 9.13 Å². The highest BCUT2D eigenvalue weighted by Gasteiger charge is 2.02. The van der Waals surface area contributed by atoms with Gasteiger partial charge in [-0.2, -0.15) is 17.9 Å². The summed E-state index contributed by atoms with van der Waals surface area (Å²) in [6.45, 7) is 0.581. The van der Waals surface area contributed by atoms with Crippen molar-refractivity contribution in [2.24, 2.45) is 0 Å². The molecule has 0 bridgehead atoms. The minimum Gasteiger partial charge on any atom is -0.493 e. The maximum Gasteiger partial charge on any atom is 0.144 e. The zero-order valence-corrected chi connectivity index (χ0v) is 10.5. The van der Waals surface area contributed by atoms with Crippen LogP contribution in [0.25, 0.3) is 0 Å². The van der Waals surface area contributed by atoms with Crippen molar-refractivity contribution in [3.63, 3.8) is 0 Å². The third-order valence-corrected chi connectivity index (χ3v) is 2.70. The lowest BCUT2D eigenvalue weighted by Gasteiger charge is -2.06. The lowest BCUT2D eigenvalue weighted by Crippen LogP contribution is -1.98. The van der Waals surface area contributed by atoms with Crippen LogP contribution in [0.3, 0.4) is 0 Å². The normalized spacial score (nSPS) is 9.94. The highest BCUT2D eigenvalue weighted by Crippen LogP contribution is 2.16. The number of hydrogen-bond donors (Lipinski definition) is 1. The molecule has 2 nitrogen and oxygen atoms in total. The number of ether oxygens (including phenoxy) is 1. The summed E-state index contributed by atoms with van der Waals surface area (Å²) in [5.41, 5.74) is 0.0473. The Kier molecular flexibility index (Phi) is 6.49. The van der Waals surface area contributed by atoms with Crippen LogP contribution in [0.1, 0.15) is 31.2 Å². The number of rotatable bonds is 7. The molecule has 0 spiro atoms. The van der Waals surface area contributed by atoms with E-state index in [1.165, 1.54) is 12.1 Å². The number of benzene rings is 1. The first-order valence-corrected chi connectivity index (χ1v) is 6.34. The summed E-state index contributed by atoms with van der Waals surface area (Å²) in [5.74, 6) is 0.873. The van der Waals surface area contributed by atoms with Crippen LogP contribution in [0.4, 0.5) is 4.39 Å². The van der Waals surface area contributed by atoms with Gasteiger partial charge < -0.3 is 4.74 Å². The summed E-state index contributed by atoms with van der Waals surface area (Å²) in [7, 11) is 0. The zero-order chi connectivity index (χ0) is 12.5. The van der Waals surface area contributed by atoms with Crippen LogP contribution < -0.4 is 4.74 Å². The fourth-order valence-corrected chi connectivity index (χ4v) is 1.66. The Hall–Kier alpha value is -1.21. The number of thiol groups is 1. The highest BCUT2D eigenvalue weighted by atomic mass is 32.1. The Morgan fingerprint density at radius 2 is 2.00 bits per heavy atom. The van der Waals surface area contributed by atoms with E-state index in [-0.39, 0.29) is 5.56 Å². The lowest BCUT2D eigenvalue weighted by molar-refractivity contribution is 0.303. The molecular weight excluding hydrogens is 237 g/mol. The molecule has 0 radical (unpaired) electrons. The van der Waals surface area contributed by atoms with E-state index in [0.29, 0.717) is 12.4 Å². The highest BCUT2D eigenvalue weighted by molar-refractivity contribution is 7.80. The molecule has 0 aromatic heterocycles. The Bertz CT molecular complexity index is 389. The second-order valence-corrected chi connectivity index (χ2v) is 4.19. The molecule has 0 fully saturated rings. The van der Waals surface area contributed by atoms with Gasteiger partial charge in [-0.3, -0.25) is 0 Å². The van der Waals surface area contributed by atoms with Gasteiger partial charge in [0.1, 0.15) is 17.6 Å². The third-order valence-electron chi connectivity index (χ3n) is 2.38. The van der Waals surface area contributed by atoms with Crippen LogP contribution in [0.15, 0.2) is 18.2 Å². The zero-order valence-electron chi connectivity index (χ0n) is 9.66. The van der Waals surface area contributed by atoms with Gasteiger partial charge in [-0.1, -0.05) is 12.8 Å². The van der Waals surface area contributed by atoms with E-state index in [0.717, 1.165) is 31.4 Å². The molecule has 92 valence electrons. The summed E-state index contributed by atoms with van der Waals surface area (Å²) in [4.78, 5) is 0. The van der Waals surface area contributed by atoms with Crippen LogP contribution in [-0.4, -0.2) is 12.4 Å². The Balaban J connectivity index is 2.28. The van der Waals surface area contributed by atoms with Gasteiger partial charge in [0.25, 0.3) is 0 Å². The summed E-state index contributed by atoms with van der Waals surface area (Å²) in [5, 5.41) is 8.57. The van der Waals surface area contributed by atoms with Crippen molar-refractivity contribution in [2.75, 3.05) is 12.4 Å². The fourth-order valence-electron chi connectivity index (χ4n) is 1.43. The first-order valence-electron chi connectivity index (χ1n) is 5.71. The predicted octanol–water partition coefficient (Wildman–Crippen LogP) is 3.57. The van der Waals surface area contributed by atoms with Crippen LogP contribution in [0.2, 0.25) is 0 Å². The van der Waals surface area contributed by atoms with E-state index in [9.17, 15) is 4.39 Å². The van der Waals surface area contributed by atoms with Crippen molar-refractivity contribution in [3.8, 4) is 11.8 Å². The molecule has 0 N–H and O–H groups in total. The predicted molar refractivity (Wildman–Crippen MR) is 68.9 cm³/mol. The topological polar surface area (TPSA) is 33.0 Å². The smallest absolute Gasteiger partial charge is 0.144 e. The molecule has 0 aliphatic carbocycles. The standard InChI is InChI=1S/C13H16FNOS/c14-13-9-12(6-5-11(13)10-15)16-7-3-1-2-4-8-17/h5-6,9,17H,1-4,7-8H2. The third kappa shape index (κ3) is 5.10. The number of hydrogen-bond acceptors (Lipinski definition) is 3. The number of unbranched alkanes of at least 4 members (excludes halogenated alkanes) is 3. The SMILES string of the molecule is N#Cc1ccc(OCCCCCCS)cc1F. The van der Waals surface area contributed by atoms with Crippen LogP contribution in [-0.2, 0) is 0 Å². The van der Waals surface area contributed by atoms with Gasteiger partial charge >= 0.3 is 0 Å². The van der Waals surface area contributed by atoms with Crippen molar-refractivity contribution >= 4 is 12.6 Å². The molecule has 0 saturated heterocycles. The molecule has 1 aromatic rings. The summed E-state index contributed by atoms with van der Waals surface area (Å²) in [6.07, 6.45) is 4.32. The van der Waals surface area contributed by atoms with Gasteiger partial charge in [0, 0.05) is 6.07 Å². The molecule has 0 heterocycles. The molecule has 4 heteroatoms. The van der Waals surface area contributed by atoms with Gasteiger partial charge in [-0.25, -0.2) is 4.39 Å². The molecule has 17 heavy (non-hydrogen) atoms. The van der Waals surface area contributed by atoms with Crippen molar-refractivity contribution in [3.05, 3.63) is 29.6 Å². The van der Waals surface area contributed by atoms with Gasteiger partial charge in [0.05, 0.1) is 12.2 Å². The number of halogens is 1. The summed E-state index contributed by atoms with van der Waals surface area (Å²) >= 11 is 4.13. The first kappa shape index (κ1) is 13.9. The van der Waals surface area contributed by atoms with E-state index in [1.807, 2.05) is 0 Å². The summed E-state index contributed by atoms with van der Waals surface area (Å²) < 4.78 is 18.6.